The molecule has 0 aromatic carbocycles. The van der Waals surface area contributed by atoms with E-state index in [1.165, 1.54) is 51.9 Å². The van der Waals surface area contributed by atoms with Crippen molar-refractivity contribution < 1.29 is 0 Å². The van der Waals surface area contributed by atoms with Gasteiger partial charge in [0.05, 0.1) is 0 Å². The molecule has 2 nitrogen and oxygen atoms in total. The van der Waals surface area contributed by atoms with E-state index in [-0.39, 0.29) is 0 Å². The van der Waals surface area contributed by atoms with Crippen molar-refractivity contribution in [1.82, 2.24) is 9.80 Å². The summed E-state index contributed by atoms with van der Waals surface area (Å²) >= 11 is 0. The average molecular weight is 248 g/mol. The van der Waals surface area contributed by atoms with Crippen molar-refractivity contribution in [3.63, 3.8) is 0 Å². The zero-order valence-corrected chi connectivity index (χ0v) is 12.0. The van der Waals surface area contributed by atoms with E-state index in [0.717, 1.165) is 35.6 Å². The third kappa shape index (κ3) is 1.84. The van der Waals surface area contributed by atoms with E-state index in [1.54, 1.807) is 0 Å². The molecular formula is C16H28N2. The Balaban J connectivity index is 1.37. The highest BCUT2D eigenvalue weighted by atomic mass is 15.2. The van der Waals surface area contributed by atoms with Crippen LogP contribution >= 0.6 is 0 Å². The van der Waals surface area contributed by atoms with E-state index in [2.05, 4.69) is 23.8 Å². The first kappa shape index (κ1) is 11.7. The molecule has 102 valence electrons. The number of hydrogen-bond donors (Lipinski definition) is 0. The Morgan fingerprint density at radius 1 is 0.722 bits per heavy atom. The van der Waals surface area contributed by atoms with Gasteiger partial charge >= 0.3 is 0 Å². The summed E-state index contributed by atoms with van der Waals surface area (Å²) in [5.74, 6) is 5.18. The van der Waals surface area contributed by atoms with Gasteiger partial charge in [-0.1, -0.05) is 6.92 Å². The van der Waals surface area contributed by atoms with Crippen LogP contribution < -0.4 is 0 Å². The van der Waals surface area contributed by atoms with Crippen LogP contribution in [0.5, 0.6) is 0 Å². The molecule has 2 saturated carbocycles. The van der Waals surface area contributed by atoms with Gasteiger partial charge in [-0.25, -0.2) is 0 Å². The largest absolute Gasteiger partial charge is 0.306 e. The quantitative estimate of drug-likeness (QED) is 0.702. The SMILES string of the molecule is CC1C[C@@H]2CN(C3C[C@@H]4CN(C)C[C@@H]4C3)C[C@@H]2C1. The topological polar surface area (TPSA) is 6.48 Å². The van der Waals surface area contributed by atoms with Crippen LogP contribution in [-0.2, 0) is 0 Å². The van der Waals surface area contributed by atoms with E-state index in [0.29, 0.717) is 0 Å². The maximum Gasteiger partial charge on any atom is 0.0102 e. The second-order valence-electron chi connectivity index (χ2n) is 7.92. The van der Waals surface area contributed by atoms with E-state index < -0.39 is 0 Å². The van der Waals surface area contributed by atoms with E-state index in [4.69, 9.17) is 0 Å². The molecule has 4 fully saturated rings. The second-order valence-corrected chi connectivity index (χ2v) is 7.92. The normalized spacial score (nSPS) is 53.0. The van der Waals surface area contributed by atoms with Crippen molar-refractivity contribution in [3.8, 4) is 0 Å². The maximum atomic E-state index is 2.89. The van der Waals surface area contributed by atoms with Gasteiger partial charge in [-0.2, -0.15) is 0 Å². The van der Waals surface area contributed by atoms with Crippen LogP contribution in [0.3, 0.4) is 0 Å². The minimum atomic E-state index is 0.953. The Morgan fingerprint density at radius 3 is 1.78 bits per heavy atom. The summed E-state index contributed by atoms with van der Waals surface area (Å²) in [5, 5.41) is 0. The Bertz CT molecular complexity index is 269. The zero-order chi connectivity index (χ0) is 12.3. The molecule has 2 unspecified atom stereocenters. The van der Waals surface area contributed by atoms with Gasteiger partial charge in [-0.3, -0.25) is 4.90 Å². The Labute approximate surface area is 112 Å². The summed E-state index contributed by atoms with van der Waals surface area (Å²) in [4.78, 5) is 5.44. The van der Waals surface area contributed by atoms with Gasteiger partial charge in [-0.15, -0.1) is 0 Å². The first-order chi connectivity index (χ1) is 8.69. The van der Waals surface area contributed by atoms with Crippen molar-refractivity contribution in [2.45, 2.75) is 38.6 Å². The van der Waals surface area contributed by atoms with Crippen LogP contribution in [0.4, 0.5) is 0 Å². The summed E-state index contributed by atoms with van der Waals surface area (Å²) in [7, 11) is 2.30. The average Bonchev–Trinajstić information content (AvgIpc) is 2.94. The van der Waals surface area contributed by atoms with Crippen molar-refractivity contribution in [2.24, 2.45) is 29.6 Å². The first-order valence-corrected chi connectivity index (χ1v) is 8.11. The molecule has 2 heterocycles. The zero-order valence-electron chi connectivity index (χ0n) is 12.0. The Hall–Kier alpha value is -0.0800. The van der Waals surface area contributed by atoms with Crippen LogP contribution in [0.1, 0.15) is 32.6 Å². The highest BCUT2D eigenvalue weighted by Gasteiger charge is 2.46. The standard InChI is InChI=1S/C16H28N2/c1-11-3-12-9-18(10-13(12)4-11)16-5-14-7-17(2)8-15(14)6-16/h11-16H,3-10H2,1-2H3/t11?,12-,13+,14-,15+,16?. The summed E-state index contributed by atoms with van der Waals surface area (Å²) < 4.78 is 0. The minimum absolute atomic E-state index is 0.953. The summed E-state index contributed by atoms with van der Waals surface area (Å²) in [5.41, 5.74) is 0. The Morgan fingerprint density at radius 2 is 1.22 bits per heavy atom. The van der Waals surface area contributed by atoms with Crippen LogP contribution in [0.25, 0.3) is 0 Å². The molecule has 4 rings (SSSR count). The molecule has 2 aliphatic carbocycles. The van der Waals surface area contributed by atoms with Crippen LogP contribution in [0.2, 0.25) is 0 Å². The number of likely N-dealkylation sites (tertiary alicyclic amines) is 2. The lowest BCUT2D eigenvalue weighted by atomic mass is 10.0. The molecule has 0 bridgehead atoms. The van der Waals surface area contributed by atoms with Gasteiger partial charge in [0.15, 0.2) is 0 Å². The molecule has 0 amide bonds. The number of hydrogen-bond acceptors (Lipinski definition) is 2. The van der Waals surface area contributed by atoms with E-state index >= 15 is 0 Å². The monoisotopic (exact) mass is 248 g/mol. The predicted molar refractivity (Wildman–Crippen MR) is 74.5 cm³/mol. The summed E-state index contributed by atoms with van der Waals surface area (Å²) in [6.07, 6.45) is 6.04. The molecule has 0 N–H and O–H groups in total. The summed E-state index contributed by atoms with van der Waals surface area (Å²) in [6.45, 7) is 8.08. The molecule has 2 aliphatic heterocycles. The lowest BCUT2D eigenvalue weighted by Crippen LogP contribution is -2.34. The van der Waals surface area contributed by atoms with Gasteiger partial charge in [0.2, 0.25) is 0 Å². The predicted octanol–water partition coefficient (Wildman–Crippen LogP) is 2.30. The van der Waals surface area contributed by atoms with Crippen LogP contribution in [0, 0.1) is 29.6 Å². The van der Waals surface area contributed by atoms with Gasteiger partial charge in [0.25, 0.3) is 0 Å². The van der Waals surface area contributed by atoms with Gasteiger partial charge in [0, 0.05) is 32.2 Å². The molecule has 0 aromatic heterocycles. The van der Waals surface area contributed by atoms with Gasteiger partial charge in [-0.05, 0) is 62.3 Å². The number of nitrogens with zero attached hydrogens (tertiary/aromatic N) is 2. The molecule has 0 radical (unpaired) electrons. The smallest absolute Gasteiger partial charge is 0.0102 e. The molecule has 4 aliphatic rings. The second kappa shape index (κ2) is 4.21. The fraction of sp³-hybridized carbons (Fsp3) is 1.00. The summed E-state index contributed by atoms with van der Waals surface area (Å²) in [6, 6.07) is 0.953. The van der Waals surface area contributed by atoms with Crippen LogP contribution in [-0.4, -0.2) is 49.1 Å². The molecule has 18 heavy (non-hydrogen) atoms. The molecule has 6 atom stereocenters. The van der Waals surface area contributed by atoms with Gasteiger partial charge < -0.3 is 4.90 Å². The first-order valence-electron chi connectivity index (χ1n) is 8.11. The van der Waals surface area contributed by atoms with Crippen molar-refractivity contribution in [3.05, 3.63) is 0 Å². The van der Waals surface area contributed by atoms with Crippen molar-refractivity contribution in [1.29, 1.82) is 0 Å². The van der Waals surface area contributed by atoms with Gasteiger partial charge in [0.1, 0.15) is 0 Å². The maximum absolute atomic E-state index is 2.89. The van der Waals surface area contributed by atoms with E-state index in [1.807, 2.05) is 0 Å². The molecular weight excluding hydrogens is 220 g/mol. The minimum Gasteiger partial charge on any atom is -0.306 e. The highest BCUT2D eigenvalue weighted by molar-refractivity contribution is 4.99. The molecule has 0 aromatic rings. The third-order valence-electron chi connectivity index (χ3n) is 6.44. The number of rotatable bonds is 1. The van der Waals surface area contributed by atoms with Crippen molar-refractivity contribution >= 4 is 0 Å². The Kier molecular flexibility index (Phi) is 2.74. The molecule has 2 saturated heterocycles. The molecule has 2 heteroatoms. The highest BCUT2D eigenvalue weighted by Crippen LogP contribution is 2.46. The van der Waals surface area contributed by atoms with Crippen LogP contribution in [0.15, 0.2) is 0 Å². The third-order valence-corrected chi connectivity index (χ3v) is 6.44. The fourth-order valence-electron chi connectivity index (χ4n) is 5.74. The fourth-order valence-corrected chi connectivity index (χ4v) is 5.74. The molecule has 0 spiro atoms. The number of fused-ring (bicyclic) bond motifs is 2. The lowest BCUT2D eigenvalue weighted by molar-refractivity contribution is 0.205. The lowest BCUT2D eigenvalue weighted by Gasteiger charge is -2.26. The van der Waals surface area contributed by atoms with Crippen molar-refractivity contribution in [2.75, 3.05) is 33.2 Å². The van der Waals surface area contributed by atoms with E-state index in [9.17, 15) is 0 Å².